The van der Waals surface area contributed by atoms with E-state index in [1.807, 2.05) is 107 Å². The van der Waals surface area contributed by atoms with Crippen LogP contribution < -0.4 is 20.5 Å². The average Bonchev–Trinajstić information content (AvgIpc) is 3.22. The molecule has 0 aliphatic carbocycles. The van der Waals surface area contributed by atoms with Crippen LogP contribution in [0.25, 0.3) is 0 Å². The lowest BCUT2D eigenvalue weighted by Crippen LogP contribution is -2.52. The van der Waals surface area contributed by atoms with E-state index < -0.39 is 35.7 Å². The number of aliphatic hydroxyl groups is 1. The maximum atomic E-state index is 13.9. The lowest BCUT2D eigenvalue weighted by atomic mass is 10.0. The Labute approximate surface area is 347 Å². The number of aryl methyl sites for hydroxylation is 2. The molecule has 5 aromatic carbocycles. The fourth-order valence-electron chi connectivity index (χ4n) is 6.23. The first kappa shape index (κ1) is 45.1. The number of nitrogens with one attached hydrogen (secondary N) is 1. The van der Waals surface area contributed by atoms with Gasteiger partial charge in [-0.1, -0.05) is 105 Å². The van der Waals surface area contributed by atoms with E-state index in [4.69, 9.17) is 24.3 Å². The van der Waals surface area contributed by atoms with Gasteiger partial charge in [-0.3, -0.25) is 9.36 Å². The van der Waals surface area contributed by atoms with Crippen LogP contribution in [0.1, 0.15) is 41.7 Å². The Morgan fingerprint density at radius 3 is 1.85 bits per heavy atom. The molecule has 0 saturated carbocycles. The van der Waals surface area contributed by atoms with E-state index in [0.29, 0.717) is 22.7 Å². The van der Waals surface area contributed by atoms with E-state index in [0.717, 1.165) is 22.3 Å². The molecule has 2 atom stereocenters. The topological polar surface area (TPSA) is 167 Å². The molecule has 5 rings (SSSR count). The van der Waals surface area contributed by atoms with Crippen molar-refractivity contribution in [1.82, 2.24) is 9.62 Å². The van der Waals surface area contributed by atoms with Crippen molar-refractivity contribution < 1.29 is 41.4 Å². The summed E-state index contributed by atoms with van der Waals surface area (Å²) < 4.78 is 66.4. The SMILES string of the molecule is Cc1cccc(C)c1OCC(=O)N[C@@H](Cc1ccc(OCP(=O)(OCc2ccccc2)OCc2ccccc2)cc1)[C@H](O)CN(CC(C)C)S(=O)(=O)c1ccc(N)cc1. The number of anilines is 1. The van der Waals surface area contributed by atoms with Gasteiger partial charge in [0.2, 0.25) is 10.0 Å². The van der Waals surface area contributed by atoms with E-state index >= 15 is 0 Å². The number of nitrogen functional groups attached to an aromatic ring is 1. The monoisotopic (exact) mass is 843 g/mol. The number of carbonyl (C=O) groups excluding carboxylic acids is 1. The van der Waals surface area contributed by atoms with Gasteiger partial charge in [0.1, 0.15) is 11.5 Å². The lowest BCUT2D eigenvalue weighted by molar-refractivity contribution is -0.124. The molecule has 0 radical (unpaired) electrons. The fourth-order valence-corrected chi connectivity index (χ4v) is 9.08. The van der Waals surface area contributed by atoms with Crippen LogP contribution in [0, 0.1) is 19.8 Å². The van der Waals surface area contributed by atoms with Crippen LogP contribution in [0.2, 0.25) is 0 Å². The Bertz CT molecular complexity index is 2180. The highest BCUT2D eigenvalue weighted by Crippen LogP contribution is 2.49. The highest BCUT2D eigenvalue weighted by Gasteiger charge is 2.32. The summed E-state index contributed by atoms with van der Waals surface area (Å²) in [6, 6.07) is 36.2. The molecular weight excluding hydrogens is 790 g/mol. The van der Waals surface area contributed by atoms with Crippen molar-refractivity contribution in [3.63, 3.8) is 0 Å². The minimum Gasteiger partial charge on any atom is -0.483 e. The van der Waals surface area contributed by atoms with E-state index in [1.165, 1.54) is 28.6 Å². The van der Waals surface area contributed by atoms with Gasteiger partial charge in [-0.15, -0.1) is 0 Å². The van der Waals surface area contributed by atoms with Crippen LogP contribution in [0.3, 0.4) is 0 Å². The third kappa shape index (κ3) is 13.8. The third-order valence-corrected chi connectivity index (χ3v) is 12.7. The zero-order chi connectivity index (χ0) is 42.4. The van der Waals surface area contributed by atoms with Crippen LogP contribution in [0.15, 0.2) is 132 Å². The minimum absolute atomic E-state index is 0.0400. The number of aliphatic hydroxyl groups excluding tert-OH is 1. The number of carbonyl (C=O) groups is 1. The zero-order valence-electron chi connectivity index (χ0n) is 33.9. The number of rotatable bonds is 22. The predicted octanol–water partition coefficient (Wildman–Crippen LogP) is 7.66. The highest BCUT2D eigenvalue weighted by atomic mass is 32.2. The number of hydrogen-bond acceptors (Lipinski definition) is 10. The van der Waals surface area contributed by atoms with Crippen LogP contribution in [0.4, 0.5) is 5.69 Å². The number of amides is 1. The molecule has 0 bridgehead atoms. The van der Waals surface area contributed by atoms with Gasteiger partial charge in [0.15, 0.2) is 13.0 Å². The maximum absolute atomic E-state index is 13.9. The Morgan fingerprint density at radius 2 is 1.31 bits per heavy atom. The maximum Gasteiger partial charge on any atom is 0.368 e. The molecule has 0 saturated heterocycles. The number of benzene rings is 5. The van der Waals surface area contributed by atoms with Crippen LogP contribution in [0.5, 0.6) is 11.5 Å². The zero-order valence-corrected chi connectivity index (χ0v) is 35.6. The molecule has 0 aliphatic heterocycles. The molecule has 0 aliphatic rings. The normalized spacial score (nSPS) is 12.9. The first-order valence-electron chi connectivity index (χ1n) is 19.4. The van der Waals surface area contributed by atoms with Crippen molar-refractivity contribution in [2.45, 2.75) is 64.4 Å². The Kier molecular flexibility index (Phi) is 16.3. The summed E-state index contributed by atoms with van der Waals surface area (Å²) in [4.78, 5) is 13.5. The number of nitrogens with zero attached hydrogens (tertiary/aromatic N) is 1. The summed E-state index contributed by atoms with van der Waals surface area (Å²) in [7, 11) is -7.79. The Morgan fingerprint density at radius 1 is 0.746 bits per heavy atom. The smallest absolute Gasteiger partial charge is 0.368 e. The van der Waals surface area contributed by atoms with Gasteiger partial charge in [0, 0.05) is 18.8 Å². The quantitative estimate of drug-likeness (QED) is 0.0465. The van der Waals surface area contributed by atoms with E-state index in [9.17, 15) is 22.9 Å². The summed E-state index contributed by atoms with van der Waals surface area (Å²) in [6.45, 7) is 7.19. The van der Waals surface area contributed by atoms with Crippen molar-refractivity contribution in [3.8, 4) is 11.5 Å². The molecule has 0 heterocycles. The number of sulfonamides is 1. The largest absolute Gasteiger partial charge is 0.483 e. The number of nitrogens with two attached hydrogens (primary N) is 1. The van der Waals surface area contributed by atoms with Gasteiger partial charge in [0.25, 0.3) is 5.91 Å². The third-order valence-electron chi connectivity index (χ3n) is 9.35. The molecule has 314 valence electrons. The van der Waals surface area contributed by atoms with Gasteiger partial charge in [-0.2, -0.15) is 4.31 Å². The second-order valence-electron chi connectivity index (χ2n) is 14.8. The molecule has 1 amide bonds. The first-order valence-corrected chi connectivity index (χ1v) is 22.6. The highest BCUT2D eigenvalue weighted by molar-refractivity contribution is 7.89. The summed E-state index contributed by atoms with van der Waals surface area (Å²) in [5.74, 6) is 0.421. The van der Waals surface area contributed by atoms with Crippen LogP contribution in [-0.4, -0.2) is 61.9 Å². The fraction of sp³-hybridized carbons (Fsp3) is 0.311. The van der Waals surface area contributed by atoms with E-state index in [-0.39, 0.29) is 56.5 Å². The summed E-state index contributed by atoms with van der Waals surface area (Å²) in [5.41, 5.74) is 10.4. The standard InChI is InChI=1S/C45H54N3O9PS/c1-33(2)27-48(59(52,53)41-24-20-39(46)21-25-41)28-43(49)42(47-44(50)31-54-45-34(3)12-11-13-35(45)4)26-36-18-22-40(23-19-36)55-32-58(51,56-29-37-14-7-5-8-15-37)57-30-38-16-9-6-10-17-38/h5-25,33,42-43,49H,26-32,46H2,1-4H3,(H,47,50)/t42-,43+/m0/s1. The number of para-hydroxylation sites is 1. The van der Waals surface area contributed by atoms with E-state index in [2.05, 4.69) is 5.32 Å². The second kappa shape index (κ2) is 21.3. The lowest BCUT2D eigenvalue weighted by Gasteiger charge is -2.31. The predicted molar refractivity (Wildman–Crippen MR) is 230 cm³/mol. The molecule has 59 heavy (non-hydrogen) atoms. The second-order valence-corrected chi connectivity index (χ2v) is 18.7. The van der Waals surface area contributed by atoms with Gasteiger partial charge in [0.05, 0.1) is 30.3 Å². The average molecular weight is 844 g/mol. The van der Waals surface area contributed by atoms with Gasteiger partial charge in [-0.05, 0) is 90.4 Å². The van der Waals surface area contributed by atoms with Crippen molar-refractivity contribution in [1.29, 1.82) is 0 Å². The minimum atomic E-state index is -4.04. The van der Waals surface area contributed by atoms with Crippen molar-refractivity contribution in [2.75, 3.05) is 31.8 Å². The molecule has 14 heteroatoms. The summed E-state index contributed by atoms with van der Waals surface area (Å²) in [6.07, 6.45) is -1.54. The molecule has 0 spiro atoms. The number of hydrogen-bond donors (Lipinski definition) is 3. The molecule has 12 nitrogen and oxygen atoms in total. The molecule has 0 aromatic heterocycles. The summed E-state index contributed by atoms with van der Waals surface area (Å²) in [5, 5.41) is 14.7. The molecule has 0 fully saturated rings. The van der Waals surface area contributed by atoms with Crippen molar-refractivity contribution in [3.05, 3.63) is 155 Å². The van der Waals surface area contributed by atoms with Gasteiger partial charge < -0.3 is 34.7 Å². The van der Waals surface area contributed by atoms with Crippen LogP contribution >= 0.6 is 7.60 Å². The molecular formula is C45H54N3O9PS. The molecule has 4 N–H and O–H groups in total. The Balaban J connectivity index is 1.32. The van der Waals surface area contributed by atoms with Gasteiger partial charge in [-0.25, -0.2) is 8.42 Å². The van der Waals surface area contributed by atoms with Crippen molar-refractivity contribution >= 4 is 29.2 Å². The number of ether oxygens (including phenoxy) is 2. The Hall–Kier alpha value is -5.01. The van der Waals surface area contributed by atoms with E-state index in [1.54, 1.807) is 24.3 Å². The first-order chi connectivity index (χ1) is 28.2. The van der Waals surface area contributed by atoms with Crippen molar-refractivity contribution in [2.24, 2.45) is 5.92 Å². The molecule has 0 unspecified atom stereocenters. The van der Waals surface area contributed by atoms with Gasteiger partial charge >= 0.3 is 7.60 Å². The molecule has 5 aromatic rings. The van der Waals surface area contributed by atoms with Crippen LogP contribution in [-0.2, 0) is 48.1 Å². The summed E-state index contributed by atoms with van der Waals surface area (Å²) >= 11 is 0.